The number of rotatable bonds is 5. The standard InChI is InChI=1S/C22H21F3N4O2S/c1-14-26-17-5-3-2-4-16(17)21(27-14)32-13-20(30)28-18-12-15(22(23,24)25)6-7-19(18)29-8-10-31-11-9-29/h2-7,12H,8-11,13H2,1H3,(H,28,30). The first-order chi connectivity index (χ1) is 15.3. The smallest absolute Gasteiger partial charge is 0.378 e. The minimum atomic E-state index is -4.50. The van der Waals surface area contributed by atoms with Crippen LogP contribution in [0.3, 0.4) is 0 Å². The monoisotopic (exact) mass is 462 g/mol. The molecular weight excluding hydrogens is 441 g/mol. The number of alkyl halides is 3. The Kier molecular flexibility index (Phi) is 6.52. The van der Waals surface area contributed by atoms with Crippen molar-refractivity contribution in [3.05, 3.63) is 53.9 Å². The van der Waals surface area contributed by atoms with E-state index in [1.807, 2.05) is 29.2 Å². The van der Waals surface area contributed by atoms with Crippen molar-refractivity contribution in [2.75, 3.05) is 42.3 Å². The van der Waals surface area contributed by atoms with Crippen LogP contribution >= 0.6 is 11.8 Å². The van der Waals surface area contributed by atoms with Gasteiger partial charge >= 0.3 is 6.18 Å². The quantitative estimate of drug-likeness (QED) is 0.444. The Morgan fingerprint density at radius 1 is 1.16 bits per heavy atom. The third-order valence-electron chi connectivity index (χ3n) is 4.97. The van der Waals surface area contributed by atoms with Crippen LogP contribution in [-0.2, 0) is 15.7 Å². The van der Waals surface area contributed by atoms with Crippen LogP contribution in [0, 0.1) is 6.92 Å². The highest BCUT2D eigenvalue weighted by Gasteiger charge is 2.32. The molecule has 0 bridgehead atoms. The van der Waals surface area contributed by atoms with E-state index in [1.165, 1.54) is 17.8 Å². The Hall–Kier alpha value is -2.85. The predicted octanol–water partition coefficient (Wildman–Crippen LogP) is 4.52. The van der Waals surface area contributed by atoms with Gasteiger partial charge in [0.1, 0.15) is 10.9 Å². The van der Waals surface area contributed by atoms with Gasteiger partial charge in [-0.1, -0.05) is 30.0 Å². The summed E-state index contributed by atoms with van der Waals surface area (Å²) in [4.78, 5) is 23.4. The molecule has 1 amide bonds. The van der Waals surface area contributed by atoms with Crippen LogP contribution in [0.1, 0.15) is 11.4 Å². The fraction of sp³-hybridized carbons (Fsp3) is 0.318. The van der Waals surface area contributed by atoms with Crippen molar-refractivity contribution in [3.63, 3.8) is 0 Å². The maximum absolute atomic E-state index is 13.3. The van der Waals surface area contributed by atoms with Crippen molar-refractivity contribution < 1.29 is 22.7 Å². The van der Waals surface area contributed by atoms with E-state index in [0.29, 0.717) is 42.8 Å². The first-order valence-corrected chi connectivity index (χ1v) is 11.0. The van der Waals surface area contributed by atoms with Crippen LogP contribution in [0.15, 0.2) is 47.5 Å². The number of carbonyl (C=O) groups excluding carboxylic acids is 1. The number of hydrogen-bond donors (Lipinski definition) is 1. The summed E-state index contributed by atoms with van der Waals surface area (Å²) in [7, 11) is 0. The second-order valence-corrected chi connectivity index (χ2v) is 8.22. The second-order valence-electron chi connectivity index (χ2n) is 7.26. The number of aryl methyl sites for hydroxylation is 1. The van der Waals surface area contributed by atoms with Gasteiger partial charge in [-0.15, -0.1) is 0 Å². The van der Waals surface area contributed by atoms with Gasteiger partial charge in [-0.05, 0) is 31.2 Å². The summed E-state index contributed by atoms with van der Waals surface area (Å²) in [5.41, 5.74) is 0.643. The molecule has 1 fully saturated rings. The molecule has 6 nitrogen and oxygen atoms in total. The van der Waals surface area contributed by atoms with Crippen molar-refractivity contribution in [1.82, 2.24) is 9.97 Å². The maximum Gasteiger partial charge on any atom is 0.416 e. The van der Waals surface area contributed by atoms with E-state index in [-0.39, 0.29) is 11.4 Å². The lowest BCUT2D eigenvalue weighted by atomic mass is 10.1. The Morgan fingerprint density at radius 2 is 1.91 bits per heavy atom. The Labute approximate surface area is 187 Å². The lowest BCUT2D eigenvalue weighted by Gasteiger charge is -2.31. The van der Waals surface area contributed by atoms with Crippen molar-refractivity contribution in [1.29, 1.82) is 0 Å². The zero-order valence-electron chi connectivity index (χ0n) is 17.3. The average molecular weight is 462 g/mol. The molecule has 0 unspecified atom stereocenters. The number of hydrogen-bond acceptors (Lipinski definition) is 6. The van der Waals surface area contributed by atoms with Gasteiger partial charge in [0.25, 0.3) is 0 Å². The highest BCUT2D eigenvalue weighted by Crippen LogP contribution is 2.36. The molecule has 0 saturated carbocycles. The maximum atomic E-state index is 13.3. The number of halogens is 3. The molecule has 2 heterocycles. The first kappa shape index (κ1) is 22.3. The van der Waals surface area contributed by atoms with Gasteiger partial charge in [-0.3, -0.25) is 4.79 Å². The van der Waals surface area contributed by atoms with E-state index in [9.17, 15) is 18.0 Å². The van der Waals surface area contributed by atoms with Crippen LogP contribution in [0.2, 0.25) is 0 Å². The van der Waals surface area contributed by atoms with Gasteiger partial charge in [0.15, 0.2) is 0 Å². The molecule has 0 atom stereocenters. The summed E-state index contributed by atoms with van der Waals surface area (Å²) in [5, 5.41) is 4.14. The normalized spacial score (nSPS) is 14.6. The Balaban J connectivity index is 1.54. The Morgan fingerprint density at radius 3 is 2.66 bits per heavy atom. The van der Waals surface area contributed by atoms with Crippen molar-refractivity contribution in [3.8, 4) is 0 Å². The number of amides is 1. The predicted molar refractivity (Wildman–Crippen MR) is 118 cm³/mol. The lowest BCUT2D eigenvalue weighted by molar-refractivity contribution is -0.137. The largest absolute Gasteiger partial charge is 0.416 e. The molecule has 10 heteroatoms. The molecule has 2 aromatic carbocycles. The number of benzene rings is 2. The molecular formula is C22H21F3N4O2S. The topological polar surface area (TPSA) is 67.4 Å². The summed E-state index contributed by atoms with van der Waals surface area (Å²) in [5.74, 6) is 0.169. The number of carbonyl (C=O) groups is 1. The van der Waals surface area contributed by atoms with Crippen LogP contribution in [0.4, 0.5) is 24.5 Å². The number of fused-ring (bicyclic) bond motifs is 1. The van der Waals surface area contributed by atoms with Gasteiger partial charge < -0.3 is 15.0 Å². The van der Waals surface area contributed by atoms with Gasteiger partial charge in [-0.2, -0.15) is 13.2 Å². The molecule has 1 aliphatic heterocycles. The van der Waals surface area contributed by atoms with Crippen LogP contribution in [-0.4, -0.2) is 47.9 Å². The number of aromatic nitrogens is 2. The Bertz CT molecular complexity index is 1130. The number of nitrogens with zero attached hydrogens (tertiary/aromatic N) is 3. The van der Waals surface area contributed by atoms with E-state index < -0.39 is 17.6 Å². The van der Waals surface area contributed by atoms with E-state index in [0.717, 1.165) is 23.0 Å². The second kappa shape index (κ2) is 9.33. The lowest BCUT2D eigenvalue weighted by Crippen LogP contribution is -2.37. The number of ether oxygens (including phenoxy) is 1. The zero-order valence-corrected chi connectivity index (χ0v) is 18.1. The highest BCUT2D eigenvalue weighted by molar-refractivity contribution is 8.00. The van der Waals surface area contributed by atoms with Crippen LogP contribution < -0.4 is 10.2 Å². The van der Waals surface area contributed by atoms with E-state index in [4.69, 9.17) is 4.74 Å². The molecule has 32 heavy (non-hydrogen) atoms. The van der Waals surface area contributed by atoms with Crippen LogP contribution in [0.25, 0.3) is 10.9 Å². The van der Waals surface area contributed by atoms with Gasteiger partial charge in [-0.25, -0.2) is 9.97 Å². The average Bonchev–Trinajstić information content (AvgIpc) is 2.77. The van der Waals surface area contributed by atoms with E-state index in [2.05, 4.69) is 15.3 Å². The summed E-state index contributed by atoms with van der Waals surface area (Å²) < 4.78 is 45.1. The first-order valence-electron chi connectivity index (χ1n) is 10.0. The van der Waals surface area contributed by atoms with Gasteiger partial charge in [0, 0.05) is 18.5 Å². The SMILES string of the molecule is Cc1nc(SCC(=O)Nc2cc(C(F)(F)F)ccc2N2CCOCC2)c2ccccc2n1. The zero-order chi connectivity index (χ0) is 22.7. The minimum Gasteiger partial charge on any atom is -0.378 e. The molecule has 1 aromatic heterocycles. The molecule has 1 saturated heterocycles. The summed E-state index contributed by atoms with van der Waals surface area (Å²) >= 11 is 1.22. The molecule has 0 spiro atoms. The fourth-order valence-electron chi connectivity index (χ4n) is 3.48. The molecule has 3 aromatic rings. The molecule has 168 valence electrons. The van der Waals surface area contributed by atoms with Gasteiger partial charge in [0.05, 0.1) is 41.4 Å². The van der Waals surface area contributed by atoms with Crippen molar-refractivity contribution >= 4 is 39.9 Å². The minimum absolute atomic E-state index is 0.000750. The fourth-order valence-corrected chi connectivity index (χ4v) is 4.35. The molecule has 0 aliphatic carbocycles. The molecule has 1 N–H and O–H groups in total. The van der Waals surface area contributed by atoms with Crippen LogP contribution in [0.5, 0.6) is 0 Å². The third-order valence-corrected chi connectivity index (χ3v) is 5.96. The highest BCUT2D eigenvalue weighted by atomic mass is 32.2. The third kappa shape index (κ3) is 5.13. The van der Waals surface area contributed by atoms with E-state index in [1.54, 1.807) is 6.92 Å². The van der Waals surface area contributed by atoms with Crippen molar-refractivity contribution in [2.45, 2.75) is 18.1 Å². The summed E-state index contributed by atoms with van der Waals surface area (Å²) in [6, 6.07) is 10.9. The number of para-hydroxylation sites is 1. The molecule has 4 rings (SSSR count). The van der Waals surface area contributed by atoms with E-state index >= 15 is 0 Å². The number of thioether (sulfide) groups is 1. The number of anilines is 2. The molecule has 0 radical (unpaired) electrons. The summed E-state index contributed by atoms with van der Waals surface area (Å²) in [6.07, 6.45) is -4.50. The number of morpholine rings is 1. The summed E-state index contributed by atoms with van der Waals surface area (Å²) in [6.45, 7) is 3.80. The van der Waals surface area contributed by atoms with Crippen molar-refractivity contribution in [2.24, 2.45) is 0 Å². The number of nitrogens with one attached hydrogen (secondary N) is 1. The molecule has 1 aliphatic rings. The van der Waals surface area contributed by atoms with Gasteiger partial charge in [0.2, 0.25) is 5.91 Å².